The maximum atomic E-state index is 12.1. The second-order valence-electron chi connectivity index (χ2n) is 4.02. The normalized spacial score (nSPS) is 10.1. The van der Waals surface area contributed by atoms with Crippen LogP contribution in [0.2, 0.25) is 10.0 Å². The number of carbonyl (C=O) groups excluding carboxylic acids is 1. The highest BCUT2D eigenvalue weighted by molar-refractivity contribution is 7.80. The van der Waals surface area contributed by atoms with Crippen molar-refractivity contribution in [2.24, 2.45) is 5.73 Å². The fourth-order valence-electron chi connectivity index (χ4n) is 1.59. The van der Waals surface area contributed by atoms with Gasteiger partial charge in [0.2, 0.25) is 0 Å². The lowest BCUT2D eigenvalue weighted by molar-refractivity contribution is 0.102. The molecule has 0 saturated heterocycles. The number of benzene rings is 2. The molecule has 2 aromatic rings. The molecule has 3 N–H and O–H groups in total. The molecular weight excluding hydrogens is 315 g/mol. The molecule has 2 rings (SSSR count). The molecule has 0 aliphatic carbocycles. The van der Waals surface area contributed by atoms with Crippen LogP contribution in [0, 0.1) is 0 Å². The van der Waals surface area contributed by atoms with Gasteiger partial charge in [-0.15, -0.1) is 0 Å². The Balaban J connectivity index is 2.22. The Morgan fingerprint density at radius 1 is 1.10 bits per heavy atom. The molecule has 0 aromatic heterocycles. The average molecular weight is 325 g/mol. The van der Waals surface area contributed by atoms with Crippen LogP contribution in [-0.4, -0.2) is 10.9 Å². The lowest BCUT2D eigenvalue weighted by Crippen LogP contribution is -2.13. The quantitative estimate of drug-likeness (QED) is 0.842. The van der Waals surface area contributed by atoms with E-state index in [1.54, 1.807) is 42.5 Å². The number of amides is 1. The van der Waals surface area contributed by atoms with Gasteiger partial charge in [0.1, 0.15) is 4.99 Å². The molecule has 20 heavy (non-hydrogen) atoms. The van der Waals surface area contributed by atoms with E-state index < -0.39 is 0 Å². The maximum Gasteiger partial charge on any atom is 0.255 e. The van der Waals surface area contributed by atoms with Crippen LogP contribution in [0.15, 0.2) is 42.5 Å². The zero-order chi connectivity index (χ0) is 14.7. The van der Waals surface area contributed by atoms with Crippen LogP contribution in [0.3, 0.4) is 0 Å². The number of halogens is 2. The van der Waals surface area contributed by atoms with Crippen LogP contribution in [0.5, 0.6) is 0 Å². The van der Waals surface area contributed by atoms with Gasteiger partial charge < -0.3 is 11.1 Å². The molecule has 0 atom stereocenters. The molecule has 102 valence electrons. The SMILES string of the molecule is NC(=S)c1ccc(NC(=O)c2cccc(Cl)c2)c(Cl)c1. The molecular formula is C14H10Cl2N2OS. The third-order valence-corrected chi connectivity index (χ3v) is 3.37. The first-order chi connectivity index (χ1) is 9.47. The van der Waals surface area contributed by atoms with Gasteiger partial charge in [0.25, 0.3) is 5.91 Å². The minimum Gasteiger partial charge on any atom is -0.389 e. The summed E-state index contributed by atoms with van der Waals surface area (Å²) in [6.07, 6.45) is 0. The molecule has 0 heterocycles. The second kappa shape index (κ2) is 6.22. The third-order valence-electron chi connectivity index (χ3n) is 2.59. The van der Waals surface area contributed by atoms with Crippen molar-refractivity contribution < 1.29 is 4.79 Å². The largest absolute Gasteiger partial charge is 0.389 e. The molecule has 0 unspecified atom stereocenters. The first kappa shape index (κ1) is 14.8. The molecule has 1 amide bonds. The Hall–Kier alpha value is -1.62. The van der Waals surface area contributed by atoms with Gasteiger partial charge in [-0.3, -0.25) is 4.79 Å². The first-order valence-corrected chi connectivity index (χ1v) is 6.80. The van der Waals surface area contributed by atoms with Crippen molar-refractivity contribution >= 4 is 52.0 Å². The zero-order valence-electron chi connectivity index (χ0n) is 10.2. The summed E-state index contributed by atoms with van der Waals surface area (Å²) in [6, 6.07) is 11.6. The monoisotopic (exact) mass is 324 g/mol. The van der Waals surface area contributed by atoms with Crippen molar-refractivity contribution in [1.82, 2.24) is 0 Å². The number of rotatable bonds is 3. The van der Waals surface area contributed by atoms with Crippen LogP contribution in [0.25, 0.3) is 0 Å². The maximum absolute atomic E-state index is 12.1. The third kappa shape index (κ3) is 3.48. The standard InChI is InChI=1S/C14H10Cl2N2OS/c15-10-3-1-2-9(6-10)14(19)18-12-5-4-8(13(17)20)7-11(12)16/h1-7H,(H2,17,20)(H,18,19). The van der Waals surface area contributed by atoms with Crippen LogP contribution in [0.4, 0.5) is 5.69 Å². The van der Waals surface area contributed by atoms with Gasteiger partial charge in [0.05, 0.1) is 10.7 Å². The van der Waals surface area contributed by atoms with Gasteiger partial charge in [0, 0.05) is 16.1 Å². The summed E-state index contributed by atoms with van der Waals surface area (Å²) < 4.78 is 0. The van der Waals surface area contributed by atoms with Crippen LogP contribution >= 0.6 is 35.4 Å². The summed E-state index contributed by atoms with van der Waals surface area (Å²) in [5.41, 5.74) is 7.09. The Morgan fingerprint density at radius 3 is 2.45 bits per heavy atom. The Labute approximate surface area is 131 Å². The summed E-state index contributed by atoms with van der Waals surface area (Å²) >= 11 is 16.8. The van der Waals surface area contributed by atoms with Crippen LogP contribution in [0.1, 0.15) is 15.9 Å². The lowest BCUT2D eigenvalue weighted by Gasteiger charge is -2.09. The van der Waals surface area contributed by atoms with E-state index in [0.717, 1.165) is 0 Å². The van der Waals surface area contributed by atoms with Crippen molar-refractivity contribution in [3.8, 4) is 0 Å². The van der Waals surface area contributed by atoms with Crippen LogP contribution in [-0.2, 0) is 0 Å². The highest BCUT2D eigenvalue weighted by atomic mass is 35.5. The topological polar surface area (TPSA) is 55.1 Å². The van der Waals surface area contributed by atoms with Crippen LogP contribution < -0.4 is 11.1 Å². The summed E-state index contributed by atoms with van der Waals surface area (Å²) in [7, 11) is 0. The number of carbonyl (C=O) groups is 1. The van der Waals surface area contributed by atoms with Crippen molar-refractivity contribution in [2.45, 2.75) is 0 Å². The van der Waals surface area contributed by atoms with Crippen molar-refractivity contribution in [3.63, 3.8) is 0 Å². The Morgan fingerprint density at radius 2 is 1.85 bits per heavy atom. The fraction of sp³-hybridized carbons (Fsp3) is 0. The van der Waals surface area contributed by atoms with E-state index in [1.165, 1.54) is 0 Å². The van der Waals surface area contributed by atoms with Crippen molar-refractivity contribution in [1.29, 1.82) is 0 Å². The summed E-state index contributed by atoms with van der Waals surface area (Å²) in [4.78, 5) is 12.3. The van der Waals surface area contributed by atoms with E-state index in [2.05, 4.69) is 5.32 Å². The molecule has 0 spiro atoms. The minimum absolute atomic E-state index is 0.250. The van der Waals surface area contributed by atoms with E-state index in [0.29, 0.717) is 26.9 Å². The second-order valence-corrected chi connectivity index (χ2v) is 5.31. The zero-order valence-corrected chi connectivity index (χ0v) is 12.5. The van der Waals surface area contributed by atoms with E-state index in [-0.39, 0.29) is 10.9 Å². The molecule has 0 saturated carbocycles. The van der Waals surface area contributed by atoms with E-state index in [1.807, 2.05) is 0 Å². The number of anilines is 1. The number of hydrogen-bond donors (Lipinski definition) is 2. The summed E-state index contributed by atoms with van der Waals surface area (Å²) in [5.74, 6) is -0.294. The fourth-order valence-corrected chi connectivity index (χ4v) is 2.14. The van der Waals surface area contributed by atoms with Crippen molar-refractivity contribution in [3.05, 3.63) is 63.6 Å². The minimum atomic E-state index is -0.294. The van der Waals surface area contributed by atoms with E-state index in [9.17, 15) is 4.79 Å². The molecule has 3 nitrogen and oxygen atoms in total. The number of nitrogens with two attached hydrogens (primary N) is 1. The molecule has 0 aliphatic heterocycles. The van der Waals surface area contributed by atoms with Gasteiger partial charge in [0.15, 0.2) is 0 Å². The highest BCUT2D eigenvalue weighted by Crippen LogP contribution is 2.24. The predicted octanol–water partition coefficient (Wildman–Crippen LogP) is 3.88. The molecule has 6 heteroatoms. The Bertz CT molecular complexity index is 689. The average Bonchev–Trinajstić information content (AvgIpc) is 2.40. The molecule has 0 bridgehead atoms. The summed E-state index contributed by atoms with van der Waals surface area (Å²) in [5, 5.41) is 3.57. The lowest BCUT2D eigenvalue weighted by atomic mass is 10.2. The van der Waals surface area contributed by atoms with Gasteiger partial charge in [-0.2, -0.15) is 0 Å². The molecule has 0 aliphatic rings. The molecule has 2 aromatic carbocycles. The molecule has 0 radical (unpaired) electrons. The van der Waals surface area contributed by atoms with Gasteiger partial charge in [-0.1, -0.05) is 41.5 Å². The molecule has 0 fully saturated rings. The van der Waals surface area contributed by atoms with Crippen molar-refractivity contribution in [2.75, 3.05) is 5.32 Å². The van der Waals surface area contributed by atoms with Gasteiger partial charge >= 0.3 is 0 Å². The van der Waals surface area contributed by atoms with E-state index >= 15 is 0 Å². The van der Waals surface area contributed by atoms with E-state index in [4.69, 9.17) is 41.2 Å². The van der Waals surface area contributed by atoms with Gasteiger partial charge in [-0.05, 0) is 36.4 Å². The highest BCUT2D eigenvalue weighted by Gasteiger charge is 2.10. The summed E-state index contributed by atoms with van der Waals surface area (Å²) in [6.45, 7) is 0. The van der Waals surface area contributed by atoms with Gasteiger partial charge in [-0.25, -0.2) is 0 Å². The first-order valence-electron chi connectivity index (χ1n) is 5.63. The Kier molecular flexibility index (Phi) is 4.60. The predicted molar refractivity (Wildman–Crippen MR) is 86.7 cm³/mol. The smallest absolute Gasteiger partial charge is 0.255 e. The number of thiocarbonyl (C=S) groups is 1. The number of nitrogens with one attached hydrogen (secondary N) is 1. The number of hydrogen-bond acceptors (Lipinski definition) is 2.